The van der Waals surface area contributed by atoms with Crippen molar-refractivity contribution in [2.45, 2.75) is 6.04 Å². The van der Waals surface area contributed by atoms with Gasteiger partial charge in [-0.15, -0.1) is 0 Å². The van der Waals surface area contributed by atoms with Crippen molar-refractivity contribution in [3.63, 3.8) is 0 Å². The summed E-state index contributed by atoms with van der Waals surface area (Å²) in [4.78, 5) is 13.6. The highest BCUT2D eigenvalue weighted by atomic mass is 16.5. The largest absolute Gasteiger partial charge is 0.497 e. The Labute approximate surface area is 107 Å². The van der Waals surface area contributed by atoms with Crippen LogP contribution in [0.5, 0.6) is 5.75 Å². The number of nitrogens with zero attached hydrogens (tertiary/aromatic N) is 1. The summed E-state index contributed by atoms with van der Waals surface area (Å²) < 4.78 is 5.12. The number of nitrogens with one attached hydrogen (secondary N) is 2. The van der Waals surface area contributed by atoms with Crippen molar-refractivity contribution in [2.75, 3.05) is 33.8 Å². The van der Waals surface area contributed by atoms with Gasteiger partial charge in [0.15, 0.2) is 0 Å². The van der Waals surface area contributed by atoms with Crippen LogP contribution in [0.15, 0.2) is 24.3 Å². The van der Waals surface area contributed by atoms with Crippen LogP contribution in [0, 0.1) is 0 Å². The zero-order valence-electron chi connectivity index (χ0n) is 10.8. The molecule has 5 nitrogen and oxygen atoms in total. The first kappa shape index (κ1) is 12.7. The molecule has 1 atom stereocenters. The summed E-state index contributed by atoms with van der Waals surface area (Å²) in [5, 5.41) is 6.03. The first-order valence-electron chi connectivity index (χ1n) is 6.08. The molecule has 0 aliphatic carbocycles. The Hall–Kier alpha value is -1.75. The fourth-order valence-corrected chi connectivity index (χ4v) is 2.05. The summed E-state index contributed by atoms with van der Waals surface area (Å²) in [7, 11) is 3.53. The van der Waals surface area contributed by atoms with E-state index in [-0.39, 0.29) is 12.1 Å². The number of hydrogen-bond donors (Lipinski definition) is 2. The molecule has 0 saturated carbocycles. The van der Waals surface area contributed by atoms with E-state index in [1.807, 2.05) is 36.2 Å². The molecule has 1 unspecified atom stereocenters. The molecular formula is C13H19N3O2. The molecule has 0 aromatic heterocycles. The molecule has 1 fully saturated rings. The molecule has 1 aliphatic heterocycles. The standard InChI is InChI=1S/C13H19N3O2/c1-14-7-8-16-9-12(15-13(16)17)10-3-5-11(18-2)6-4-10/h3-6,12,14H,7-9H2,1-2H3,(H,15,17). The van der Waals surface area contributed by atoms with Gasteiger partial charge in [0.05, 0.1) is 13.2 Å². The molecule has 1 saturated heterocycles. The fraction of sp³-hybridized carbons (Fsp3) is 0.462. The molecule has 2 N–H and O–H groups in total. The second kappa shape index (κ2) is 5.73. The van der Waals surface area contributed by atoms with Crippen molar-refractivity contribution in [1.29, 1.82) is 0 Å². The number of hydrogen-bond acceptors (Lipinski definition) is 3. The Morgan fingerprint density at radius 1 is 1.44 bits per heavy atom. The van der Waals surface area contributed by atoms with Gasteiger partial charge in [0.2, 0.25) is 0 Å². The molecule has 5 heteroatoms. The van der Waals surface area contributed by atoms with E-state index in [9.17, 15) is 4.79 Å². The summed E-state index contributed by atoms with van der Waals surface area (Å²) in [5.41, 5.74) is 1.11. The van der Waals surface area contributed by atoms with Gasteiger partial charge < -0.3 is 20.3 Å². The van der Waals surface area contributed by atoms with E-state index in [2.05, 4.69) is 10.6 Å². The third-order valence-electron chi connectivity index (χ3n) is 3.14. The lowest BCUT2D eigenvalue weighted by molar-refractivity contribution is 0.218. The average Bonchev–Trinajstić information content (AvgIpc) is 2.78. The first-order chi connectivity index (χ1) is 8.74. The first-order valence-corrected chi connectivity index (χ1v) is 6.08. The van der Waals surface area contributed by atoms with Gasteiger partial charge >= 0.3 is 6.03 Å². The summed E-state index contributed by atoms with van der Waals surface area (Å²) >= 11 is 0. The van der Waals surface area contributed by atoms with Crippen LogP contribution in [-0.2, 0) is 0 Å². The summed E-state index contributed by atoms with van der Waals surface area (Å²) in [6.07, 6.45) is 0. The maximum absolute atomic E-state index is 11.7. The second-order valence-electron chi connectivity index (χ2n) is 4.32. The van der Waals surface area contributed by atoms with Crippen molar-refractivity contribution in [2.24, 2.45) is 0 Å². The topological polar surface area (TPSA) is 53.6 Å². The van der Waals surface area contributed by atoms with Gasteiger partial charge in [-0.05, 0) is 24.7 Å². The van der Waals surface area contributed by atoms with E-state index in [1.165, 1.54) is 0 Å². The maximum Gasteiger partial charge on any atom is 0.318 e. The number of benzene rings is 1. The molecule has 2 rings (SSSR count). The molecule has 1 aromatic carbocycles. The van der Waals surface area contributed by atoms with Crippen LogP contribution in [0.1, 0.15) is 11.6 Å². The monoisotopic (exact) mass is 249 g/mol. The van der Waals surface area contributed by atoms with E-state index in [0.717, 1.165) is 24.4 Å². The molecule has 0 bridgehead atoms. The molecular weight excluding hydrogens is 230 g/mol. The molecule has 1 aromatic rings. The molecule has 2 amide bonds. The number of rotatable bonds is 5. The Morgan fingerprint density at radius 2 is 2.17 bits per heavy atom. The average molecular weight is 249 g/mol. The Kier molecular flexibility index (Phi) is 4.04. The minimum absolute atomic E-state index is 0.00562. The lowest BCUT2D eigenvalue weighted by Crippen LogP contribution is -2.33. The SMILES string of the molecule is CNCCN1CC(c2ccc(OC)cc2)NC1=O. The second-order valence-corrected chi connectivity index (χ2v) is 4.32. The van der Waals surface area contributed by atoms with Crippen LogP contribution >= 0.6 is 0 Å². The molecule has 0 spiro atoms. The lowest BCUT2D eigenvalue weighted by atomic mass is 10.1. The van der Waals surface area contributed by atoms with Crippen molar-refractivity contribution in [3.05, 3.63) is 29.8 Å². The fourth-order valence-electron chi connectivity index (χ4n) is 2.05. The number of likely N-dealkylation sites (N-methyl/N-ethyl adjacent to an activating group) is 1. The van der Waals surface area contributed by atoms with Gasteiger partial charge in [0.1, 0.15) is 5.75 Å². The molecule has 1 aliphatic rings. The van der Waals surface area contributed by atoms with Crippen LogP contribution in [0.25, 0.3) is 0 Å². The van der Waals surface area contributed by atoms with E-state index in [0.29, 0.717) is 6.54 Å². The van der Waals surface area contributed by atoms with Crippen LogP contribution in [-0.4, -0.2) is 44.7 Å². The number of methoxy groups -OCH3 is 1. The highest BCUT2D eigenvalue weighted by Crippen LogP contribution is 2.22. The quantitative estimate of drug-likeness (QED) is 0.818. The van der Waals surface area contributed by atoms with E-state index in [4.69, 9.17) is 4.74 Å². The van der Waals surface area contributed by atoms with Crippen molar-refractivity contribution < 1.29 is 9.53 Å². The van der Waals surface area contributed by atoms with Crippen molar-refractivity contribution >= 4 is 6.03 Å². The van der Waals surface area contributed by atoms with Gasteiger partial charge in [-0.1, -0.05) is 12.1 Å². The normalized spacial score (nSPS) is 18.9. The van der Waals surface area contributed by atoms with E-state index in [1.54, 1.807) is 7.11 Å². The predicted octanol–water partition coefficient (Wildman–Crippen LogP) is 0.981. The third kappa shape index (κ3) is 2.73. The zero-order valence-corrected chi connectivity index (χ0v) is 10.8. The minimum atomic E-state index is 0.00562. The predicted molar refractivity (Wildman–Crippen MR) is 69.8 cm³/mol. The Bertz CT molecular complexity index is 405. The summed E-state index contributed by atoms with van der Waals surface area (Å²) in [6.45, 7) is 2.25. The zero-order chi connectivity index (χ0) is 13.0. The van der Waals surface area contributed by atoms with E-state index < -0.39 is 0 Å². The third-order valence-corrected chi connectivity index (χ3v) is 3.14. The van der Waals surface area contributed by atoms with Gasteiger partial charge in [-0.25, -0.2) is 4.79 Å². The van der Waals surface area contributed by atoms with Crippen molar-refractivity contribution in [1.82, 2.24) is 15.5 Å². The summed E-state index contributed by atoms with van der Waals surface area (Å²) in [5.74, 6) is 0.829. The van der Waals surface area contributed by atoms with Crippen LogP contribution in [0.4, 0.5) is 4.79 Å². The molecule has 0 radical (unpaired) electrons. The number of ether oxygens (including phenoxy) is 1. The van der Waals surface area contributed by atoms with Gasteiger partial charge in [-0.3, -0.25) is 0 Å². The number of carbonyl (C=O) groups is 1. The van der Waals surface area contributed by atoms with Gasteiger partial charge in [0, 0.05) is 19.6 Å². The van der Waals surface area contributed by atoms with E-state index >= 15 is 0 Å². The van der Waals surface area contributed by atoms with Crippen molar-refractivity contribution in [3.8, 4) is 5.75 Å². The maximum atomic E-state index is 11.7. The molecule has 98 valence electrons. The number of carbonyl (C=O) groups excluding carboxylic acids is 1. The summed E-state index contributed by atoms with van der Waals surface area (Å²) in [6, 6.07) is 7.89. The Balaban J connectivity index is 2.00. The smallest absolute Gasteiger partial charge is 0.318 e. The van der Waals surface area contributed by atoms with Gasteiger partial charge in [-0.2, -0.15) is 0 Å². The minimum Gasteiger partial charge on any atom is -0.497 e. The molecule has 1 heterocycles. The molecule has 18 heavy (non-hydrogen) atoms. The highest BCUT2D eigenvalue weighted by Gasteiger charge is 2.28. The Morgan fingerprint density at radius 3 is 2.78 bits per heavy atom. The van der Waals surface area contributed by atoms with Gasteiger partial charge in [0.25, 0.3) is 0 Å². The number of urea groups is 1. The van der Waals surface area contributed by atoms with Crippen LogP contribution in [0.2, 0.25) is 0 Å². The van der Waals surface area contributed by atoms with Crippen LogP contribution in [0.3, 0.4) is 0 Å². The van der Waals surface area contributed by atoms with Crippen LogP contribution < -0.4 is 15.4 Å². The number of amides is 2. The highest BCUT2D eigenvalue weighted by molar-refractivity contribution is 5.77. The lowest BCUT2D eigenvalue weighted by Gasteiger charge is -2.14.